The van der Waals surface area contributed by atoms with Crippen molar-refractivity contribution in [1.29, 1.82) is 0 Å². The van der Waals surface area contributed by atoms with Gasteiger partial charge >= 0.3 is 5.97 Å². The highest BCUT2D eigenvalue weighted by Gasteiger charge is 2.33. The lowest BCUT2D eigenvalue weighted by atomic mass is 10.1. The van der Waals surface area contributed by atoms with Crippen LogP contribution in [-0.2, 0) is 9.59 Å². The molecule has 2 unspecified atom stereocenters. The van der Waals surface area contributed by atoms with Gasteiger partial charge in [0.05, 0.1) is 6.04 Å². The van der Waals surface area contributed by atoms with Crippen LogP contribution in [0.1, 0.15) is 26.2 Å². The fourth-order valence-corrected chi connectivity index (χ4v) is 2.31. The molecule has 0 aromatic carbocycles. The van der Waals surface area contributed by atoms with Gasteiger partial charge in [-0.25, -0.2) is 0 Å². The van der Waals surface area contributed by atoms with Crippen LogP contribution >= 0.6 is 0 Å². The number of aliphatic carboxylic acids is 1. The summed E-state index contributed by atoms with van der Waals surface area (Å²) >= 11 is 0. The van der Waals surface area contributed by atoms with Gasteiger partial charge in [0.2, 0.25) is 5.91 Å². The molecule has 0 aliphatic carbocycles. The highest BCUT2D eigenvalue weighted by molar-refractivity contribution is 5.83. The number of carbonyl (C=O) groups is 2. The van der Waals surface area contributed by atoms with Crippen LogP contribution < -0.4 is 0 Å². The summed E-state index contributed by atoms with van der Waals surface area (Å²) in [4.78, 5) is 26.8. The van der Waals surface area contributed by atoms with Crippen molar-refractivity contribution in [3.63, 3.8) is 0 Å². The summed E-state index contributed by atoms with van der Waals surface area (Å²) in [5, 5.41) is 8.75. The van der Waals surface area contributed by atoms with E-state index >= 15 is 0 Å². The number of amides is 1. The van der Waals surface area contributed by atoms with Crippen molar-refractivity contribution in [3.05, 3.63) is 12.7 Å². The molecule has 0 spiro atoms. The molecule has 0 bridgehead atoms. The lowest BCUT2D eigenvalue weighted by Crippen LogP contribution is -2.46. The molecular formula is C13H22N2O3. The summed E-state index contributed by atoms with van der Waals surface area (Å²) in [6.07, 6.45) is 3.01. The van der Waals surface area contributed by atoms with Crippen LogP contribution in [0.2, 0.25) is 0 Å². The first-order chi connectivity index (χ1) is 8.47. The predicted octanol–water partition coefficient (Wildman–Crippen LogP) is 0.958. The number of carboxylic acids is 1. The Labute approximate surface area is 108 Å². The fraction of sp³-hybridized carbons (Fsp3) is 0.692. The summed E-state index contributed by atoms with van der Waals surface area (Å²) in [6, 6.07) is -0.154. The molecule has 5 nitrogen and oxygen atoms in total. The van der Waals surface area contributed by atoms with Gasteiger partial charge in [-0.15, -0.1) is 6.58 Å². The Morgan fingerprint density at radius 2 is 2.28 bits per heavy atom. The Bertz CT molecular complexity index is 330. The third-order valence-corrected chi connectivity index (χ3v) is 3.49. The zero-order valence-corrected chi connectivity index (χ0v) is 11.1. The maximum Gasteiger partial charge on any atom is 0.303 e. The molecule has 0 saturated carbocycles. The van der Waals surface area contributed by atoms with E-state index in [0.29, 0.717) is 13.0 Å². The number of carboxylic acid groups (broad SMARTS) is 1. The van der Waals surface area contributed by atoms with Crippen LogP contribution in [0.25, 0.3) is 0 Å². The summed E-state index contributed by atoms with van der Waals surface area (Å²) in [5.74, 6) is -0.840. The molecular weight excluding hydrogens is 232 g/mol. The van der Waals surface area contributed by atoms with Crippen molar-refractivity contribution in [1.82, 2.24) is 9.80 Å². The Hall–Kier alpha value is -1.36. The van der Waals surface area contributed by atoms with E-state index in [-0.39, 0.29) is 24.4 Å². The summed E-state index contributed by atoms with van der Waals surface area (Å²) in [7, 11) is 1.88. The number of nitrogens with zero attached hydrogens (tertiary/aromatic N) is 2. The number of carbonyl (C=O) groups excluding carboxylic acids is 1. The van der Waals surface area contributed by atoms with E-state index < -0.39 is 5.97 Å². The molecule has 0 aromatic rings. The standard InChI is InChI=1S/C13H22N2O3/c1-4-8-15-10(2)7-9-14(3)11(13(15)18)5-6-12(16)17/h4,10-11H,1,5-9H2,2-3H3,(H,16,17). The largest absolute Gasteiger partial charge is 0.481 e. The molecule has 1 amide bonds. The molecule has 2 atom stereocenters. The number of rotatable bonds is 5. The summed E-state index contributed by atoms with van der Waals surface area (Å²) < 4.78 is 0. The number of hydrogen-bond acceptors (Lipinski definition) is 3. The van der Waals surface area contributed by atoms with E-state index in [1.807, 2.05) is 18.9 Å². The molecule has 1 aliphatic rings. The number of hydrogen-bond donors (Lipinski definition) is 1. The molecule has 1 saturated heterocycles. The van der Waals surface area contributed by atoms with Crippen molar-refractivity contribution >= 4 is 11.9 Å². The molecule has 1 fully saturated rings. The summed E-state index contributed by atoms with van der Waals surface area (Å²) in [6.45, 7) is 7.03. The Balaban J connectivity index is 2.81. The minimum absolute atomic E-state index is 0.0173. The van der Waals surface area contributed by atoms with Gasteiger partial charge < -0.3 is 10.0 Å². The highest BCUT2D eigenvalue weighted by Crippen LogP contribution is 2.18. The van der Waals surface area contributed by atoms with Crippen molar-refractivity contribution < 1.29 is 14.7 Å². The third kappa shape index (κ3) is 3.57. The fourth-order valence-electron chi connectivity index (χ4n) is 2.31. The summed E-state index contributed by atoms with van der Waals surface area (Å²) in [5.41, 5.74) is 0. The first kappa shape index (κ1) is 14.7. The minimum atomic E-state index is -0.858. The van der Waals surface area contributed by atoms with E-state index in [1.165, 1.54) is 0 Å². The Morgan fingerprint density at radius 1 is 1.61 bits per heavy atom. The zero-order valence-electron chi connectivity index (χ0n) is 11.1. The second-order valence-electron chi connectivity index (χ2n) is 4.85. The van der Waals surface area contributed by atoms with Crippen LogP contribution in [-0.4, -0.2) is 59.0 Å². The molecule has 1 aliphatic heterocycles. The van der Waals surface area contributed by atoms with Gasteiger partial charge in [-0.1, -0.05) is 6.08 Å². The quantitative estimate of drug-likeness (QED) is 0.742. The van der Waals surface area contributed by atoms with Crippen LogP contribution in [0, 0.1) is 0 Å². The third-order valence-electron chi connectivity index (χ3n) is 3.49. The van der Waals surface area contributed by atoms with Crippen LogP contribution in [0.3, 0.4) is 0 Å². The lowest BCUT2D eigenvalue weighted by molar-refractivity contribution is -0.139. The maximum absolute atomic E-state index is 12.4. The molecule has 0 aromatic heterocycles. The van der Waals surface area contributed by atoms with Gasteiger partial charge in [-0.2, -0.15) is 0 Å². The van der Waals surface area contributed by atoms with Gasteiger partial charge in [-0.3, -0.25) is 14.5 Å². The van der Waals surface area contributed by atoms with Crippen LogP contribution in [0.4, 0.5) is 0 Å². The van der Waals surface area contributed by atoms with E-state index in [2.05, 4.69) is 6.58 Å². The lowest BCUT2D eigenvalue weighted by Gasteiger charge is -2.29. The van der Waals surface area contributed by atoms with Gasteiger partial charge in [0, 0.05) is 25.6 Å². The minimum Gasteiger partial charge on any atom is -0.481 e. The Morgan fingerprint density at radius 3 is 2.83 bits per heavy atom. The highest BCUT2D eigenvalue weighted by atomic mass is 16.4. The van der Waals surface area contributed by atoms with Crippen LogP contribution in [0.5, 0.6) is 0 Å². The normalized spacial score (nSPS) is 25.9. The van der Waals surface area contributed by atoms with Crippen molar-refractivity contribution in [2.24, 2.45) is 0 Å². The topological polar surface area (TPSA) is 60.9 Å². The average Bonchev–Trinajstić information content (AvgIpc) is 2.40. The molecule has 1 heterocycles. The van der Waals surface area contributed by atoms with Gasteiger partial charge in [0.1, 0.15) is 0 Å². The van der Waals surface area contributed by atoms with E-state index in [4.69, 9.17) is 5.11 Å². The molecule has 5 heteroatoms. The zero-order chi connectivity index (χ0) is 13.7. The maximum atomic E-state index is 12.4. The second kappa shape index (κ2) is 6.54. The van der Waals surface area contributed by atoms with Crippen LogP contribution in [0.15, 0.2) is 12.7 Å². The van der Waals surface area contributed by atoms with E-state index in [9.17, 15) is 9.59 Å². The first-order valence-electron chi connectivity index (χ1n) is 6.30. The molecule has 1 N–H and O–H groups in total. The van der Waals surface area contributed by atoms with E-state index in [1.54, 1.807) is 11.0 Å². The monoisotopic (exact) mass is 254 g/mol. The first-order valence-corrected chi connectivity index (χ1v) is 6.30. The molecule has 102 valence electrons. The molecule has 18 heavy (non-hydrogen) atoms. The smallest absolute Gasteiger partial charge is 0.303 e. The van der Waals surface area contributed by atoms with Gasteiger partial charge in [0.25, 0.3) is 0 Å². The number of likely N-dealkylation sites (N-methyl/N-ethyl adjacent to an activating group) is 1. The van der Waals surface area contributed by atoms with Gasteiger partial charge in [0.15, 0.2) is 0 Å². The van der Waals surface area contributed by atoms with Crippen molar-refractivity contribution in [2.45, 2.75) is 38.3 Å². The van der Waals surface area contributed by atoms with E-state index in [0.717, 1.165) is 13.0 Å². The average molecular weight is 254 g/mol. The SMILES string of the molecule is C=CCN1C(=O)C(CCC(=O)O)N(C)CCC1C. The molecule has 0 radical (unpaired) electrons. The Kier molecular flexibility index (Phi) is 5.34. The van der Waals surface area contributed by atoms with Gasteiger partial charge in [-0.05, 0) is 26.8 Å². The molecule has 1 rings (SSSR count). The second-order valence-corrected chi connectivity index (χ2v) is 4.85. The predicted molar refractivity (Wildman–Crippen MR) is 69.3 cm³/mol. The van der Waals surface area contributed by atoms with Crippen molar-refractivity contribution in [3.8, 4) is 0 Å². The van der Waals surface area contributed by atoms with Crippen molar-refractivity contribution in [2.75, 3.05) is 20.1 Å².